The molecule has 0 aliphatic heterocycles. The Balaban J connectivity index is 0.00000144. The third-order valence-corrected chi connectivity index (χ3v) is 1.75. The van der Waals surface area contributed by atoms with Crippen molar-refractivity contribution in [3.05, 3.63) is 42.3 Å². The van der Waals surface area contributed by atoms with E-state index >= 15 is 0 Å². The molecule has 0 aliphatic carbocycles. The van der Waals surface area contributed by atoms with Crippen LogP contribution in [-0.2, 0) is 0 Å². The van der Waals surface area contributed by atoms with Crippen LogP contribution >= 0.6 is 0 Å². The molecule has 13 heavy (non-hydrogen) atoms. The van der Waals surface area contributed by atoms with E-state index in [0.29, 0.717) is 5.41 Å². The summed E-state index contributed by atoms with van der Waals surface area (Å²) in [5, 5.41) is 0. The van der Waals surface area contributed by atoms with Crippen LogP contribution in [0.5, 0.6) is 0 Å². The second kappa shape index (κ2) is 5.42. The molecule has 0 saturated heterocycles. The zero-order valence-electron chi connectivity index (χ0n) is 9.17. The molecule has 1 aromatic rings. The third kappa shape index (κ3) is 5.85. The molecule has 0 N–H and O–H groups in total. The summed E-state index contributed by atoms with van der Waals surface area (Å²) >= 11 is 0. The van der Waals surface area contributed by atoms with Crippen LogP contribution in [-0.4, -0.2) is 0 Å². The summed E-state index contributed by atoms with van der Waals surface area (Å²) in [7, 11) is 0. The maximum atomic E-state index is 2.29. The third-order valence-electron chi connectivity index (χ3n) is 1.75. The van der Waals surface area contributed by atoms with Gasteiger partial charge in [0.15, 0.2) is 0 Å². The van der Waals surface area contributed by atoms with E-state index in [-0.39, 0.29) is 18.9 Å². The molecular weight excluding hydrogens is 151 g/mol. The summed E-state index contributed by atoms with van der Waals surface area (Å²) in [5.74, 6) is 0. The van der Waals surface area contributed by atoms with Gasteiger partial charge in [-0.3, -0.25) is 0 Å². The van der Waals surface area contributed by atoms with Gasteiger partial charge in [-0.2, -0.15) is 24.1 Å². The van der Waals surface area contributed by atoms with E-state index in [4.69, 9.17) is 0 Å². The first kappa shape index (κ1) is 12.7. The Labute approximate surface area is 93.9 Å². The van der Waals surface area contributed by atoms with Gasteiger partial charge in [0.25, 0.3) is 0 Å². The van der Waals surface area contributed by atoms with Crippen LogP contribution in [0, 0.1) is 11.8 Å². The summed E-state index contributed by atoms with van der Waals surface area (Å²) < 4.78 is 0. The van der Waals surface area contributed by atoms with Gasteiger partial charge in [-0.1, -0.05) is 33.3 Å². The van der Waals surface area contributed by atoms with Crippen LogP contribution < -0.4 is 18.9 Å². The van der Waals surface area contributed by atoms with E-state index in [0.717, 1.165) is 6.42 Å². The van der Waals surface area contributed by atoms with Gasteiger partial charge in [-0.15, -0.1) is 12.1 Å². The standard InChI is InChI=1S/C12H17.Li/c1-12(2,3)10-9-11-7-5-4-6-8-11;/h4-9H,10H2,1-3H3;/q-1;+1. The van der Waals surface area contributed by atoms with E-state index in [2.05, 4.69) is 57.5 Å². The summed E-state index contributed by atoms with van der Waals surface area (Å²) in [6, 6.07) is 10.5. The predicted molar refractivity (Wildman–Crippen MR) is 53.9 cm³/mol. The molecule has 0 spiro atoms. The Hall–Kier alpha value is -0.313. The van der Waals surface area contributed by atoms with E-state index < -0.39 is 0 Å². The zero-order chi connectivity index (χ0) is 9.03. The Kier molecular flexibility index (Phi) is 5.29. The van der Waals surface area contributed by atoms with Gasteiger partial charge in [0.2, 0.25) is 0 Å². The molecule has 0 aliphatic rings. The number of benzene rings is 1. The minimum absolute atomic E-state index is 0. The quantitative estimate of drug-likeness (QED) is 0.450. The van der Waals surface area contributed by atoms with Crippen molar-refractivity contribution < 1.29 is 18.9 Å². The van der Waals surface area contributed by atoms with Crippen LogP contribution in [0.2, 0.25) is 0 Å². The molecular formula is C12H17Li. The molecule has 1 heteroatoms. The van der Waals surface area contributed by atoms with Crippen molar-refractivity contribution in [1.82, 2.24) is 0 Å². The van der Waals surface area contributed by atoms with Crippen molar-refractivity contribution in [2.45, 2.75) is 27.2 Å². The van der Waals surface area contributed by atoms with Crippen molar-refractivity contribution in [1.29, 1.82) is 0 Å². The molecule has 0 fully saturated rings. The molecule has 0 saturated carbocycles. The molecule has 0 bridgehead atoms. The Morgan fingerprint density at radius 3 is 2.08 bits per heavy atom. The monoisotopic (exact) mass is 168 g/mol. The second-order valence-electron chi connectivity index (χ2n) is 4.38. The SMILES string of the molecule is CC(C)(C)C[CH-]c1ccccc1.[Li+]. The van der Waals surface area contributed by atoms with Crippen molar-refractivity contribution in [3.8, 4) is 0 Å². The Bertz CT molecular complexity index is 221. The molecule has 0 nitrogen and oxygen atoms in total. The van der Waals surface area contributed by atoms with Crippen molar-refractivity contribution in [2.75, 3.05) is 0 Å². The largest absolute Gasteiger partial charge is 1.00 e. The van der Waals surface area contributed by atoms with Crippen molar-refractivity contribution >= 4 is 0 Å². The van der Waals surface area contributed by atoms with Crippen molar-refractivity contribution in [3.63, 3.8) is 0 Å². The van der Waals surface area contributed by atoms with Gasteiger partial charge in [-0.05, 0) is 5.41 Å². The van der Waals surface area contributed by atoms with Crippen LogP contribution in [0.25, 0.3) is 0 Å². The first-order valence-electron chi connectivity index (χ1n) is 4.46. The minimum Gasteiger partial charge on any atom is -0.192 e. The Morgan fingerprint density at radius 1 is 1.08 bits per heavy atom. The first-order valence-corrected chi connectivity index (χ1v) is 4.46. The Morgan fingerprint density at radius 2 is 1.62 bits per heavy atom. The molecule has 0 amide bonds. The molecule has 0 unspecified atom stereocenters. The topological polar surface area (TPSA) is 0 Å². The van der Waals surface area contributed by atoms with Crippen LogP contribution in [0.3, 0.4) is 0 Å². The van der Waals surface area contributed by atoms with E-state index in [1.165, 1.54) is 5.56 Å². The zero-order valence-corrected chi connectivity index (χ0v) is 9.17. The number of rotatable bonds is 2. The van der Waals surface area contributed by atoms with E-state index in [1.54, 1.807) is 0 Å². The van der Waals surface area contributed by atoms with Gasteiger partial charge in [-0.25, -0.2) is 0 Å². The summed E-state index contributed by atoms with van der Waals surface area (Å²) in [6.45, 7) is 6.77. The molecule has 1 aromatic carbocycles. The minimum atomic E-state index is 0. The summed E-state index contributed by atoms with van der Waals surface area (Å²) in [4.78, 5) is 0. The van der Waals surface area contributed by atoms with E-state index in [9.17, 15) is 0 Å². The van der Waals surface area contributed by atoms with Gasteiger partial charge >= 0.3 is 18.9 Å². The van der Waals surface area contributed by atoms with Crippen molar-refractivity contribution in [2.24, 2.45) is 5.41 Å². The van der Waals surface area contributed by atoms with Crippen LogP contribution in [0.15, 0.2) is 30.3 Å². The predicted octanol–water partition coefficient (Wildman–Crippen LogP) is 0.679. The van der Waals surface area contributed by atoms with E-state index in [1.807, 2.05) is 0 Å². The fraction of sp³-hybridized carbons (Fsp3) is 0.417. The summed E-state index contributed by atoms with van der Waals surface area (Å²) in [6.07, 6.45) is 3.43. The van der Waals surface area contributed by atoms with Gasteiger partial charge < -0.3 is 0 Å². The molecule has 0 radical (unpaired) electrons. The molecule has 0 heterocycles. The van der Waals surface area contributed by atoms with Gasteiger partial charge in [0.1, 0.15) is 0 Å². The van der Waals surface area contributed by atoms with Crippen LogP contribution in [0.1, 0.15) is 32.8 Å². The summed E-state index contributed by atoms with van der Waals surface area (Å²) in [5.41, 5.74) is 1.72. The molecule has 66 valence electrons. The maximum absolute atomic E-state index is 2.29. The number of hydrogen-bond donors (Lipinski definition) is 0. The van der Waals surface area contributed by atoms with Gasteiger partial charge in [0.05, 0.1) is 0 Å². The normalized spacial score (nSPS) is 10.4. The molecule has 1 rings (SSSR count). The fourth-order valence-electron chi connectivity index (χ4n) is 1.01. The maximum Gasteiger partial charge on any atom is 1.00 e. The first-order chi connectivity index (χ1) is 5.58. The second-order valence-corrected chi connectivity index (χ2v) is 4.38. The van der Waals surface area contributed by atoms with Crippen LogP contribution in [0.4, 0.5) is 0 Å². The number of hydrogen-bond acceptors (Lipinski definition) is 0. The smallest absolute Gasteiger partial charge is 0.192 e. The average Bonchev–Trinajstić information content (AvgIpc) is 2.02. The molecule has 0 aromatic heterocycles. The molecule has 0 atom stereocenters. The van der Waals surface area contributed by atoms with Gasteiger partial charge in [0, 0.05) is 0 Å². The average molecular weight is 168 g/mol. The fourth-order valence-corrected chi connectivity index (χ4v) is 1.01.